The summed E-state index contributed by atoms with van der Waals surface area (Å²) >= 11 is 0. The van der Waals surface area contributed by atoms with Crippen molar-refractivity contribution < 1.29 is 14.4 Å². The maximum absolute atomic E-state index is 11.2. The Kier molecular flexibility index (Phi) is 6.86. The number of ether oxygens (including phenoxy) is 1. The highest BCUT2D eigenvalue weighted by atomic mass is 16.7. The largest absolute Gasteiger partial charge is 0.461 e. The van der Waals surface area contributed by atoms with Crippen molar-refractivity contribution >= 4 is 11.7 Å². The fourth-order valence-corrected chi connectivity index (χ4v) is 1.05. The number of carbonyl (C=O) groups is 1. The fourth-order valence-electron chi connectivity index (χ4n) is 1.05. The van der Waals surface area contributed by atoms with Crippen LogP contribution < -0.4 is 0 Å². The highest BCUT2D eigenvalue weighted by Crippen LogP contribution is 2.00. The highest BCUT2D eigenvalue weighted by molar-refractivity contribution is 6.42. The van der Waals surface area contributed by atoms with E-state index in [1.807, 2.05) is 0 Å². The first kappa shape index (κ1) is 15.3. The Hall–Kier alpha value is -1.65. The van der Waals surface area contributed by atoms with Crippen LogP contribution in [0, 0.1) is 11.3 Å². The summed E-state index contributed by atoms with van der Waals surface area (Å²) in [6, 6.07) is 1.63. The van der Waals surface area contributed by atoms with Gasteiger partial charge in [0.2, 0.25) is 6.35 Å². The SMILES string of the molecule is CCOC(=O)/C(C#N)=N/OC(N(C)C)N(C)C. The van der Waals surface area contributed by atoms with E-state index in [0.717, 1.165) is 0 Å². The molecule has 0 saturated carbocycles. The Labute approximate surface area is 101 Å². The summed E-state index contributed by atoms with van der Waals surface area (Å²) in [5.74, 6) is -0.786. The lowest BCUT2D eigenvalue weighted by Gasteiger charge is -2.27. The van der Waals surface area contributed by atoms with Crippen molar-refractivity contribution in [3.8, 4) is 6.07 Å². The van der Waals surface area contributed by atoms with Crippen molar-refractivity contribution in [1.29, 1.82) is 5.26 Å². The summed E-state index contributed by atoms with van der Waals surface area (Å²) in [4.78, 5) is 19.8. The smallest absolute Gasteiger partial charge is 0.371 e. The molecule has 0 saturated heterocycles. The van der Waals surface area contributed by atoms with Crippen molar-refractivity contribution in [3.05, 3.63) is 0 Å². The van der Waals surface area contributed by atoms with Crippen molar-refractivity contribution in [3.63, 3.8) is 0 Å². The van der Waals surface area contributed by atoms with Crippen LogP contribution in [0.2, 0.25) is 0 Å². The quantitative estimate of drug-likeness (QED) is 0.279. The zero-order valence-corrected chi connectivity index (χ0v) is 10.8. The van der Waals surface area contributed by atoms with Crippen LogP contribution in [0.1, 0.15) is 6.92 Å². The summed E-state index contributed by atoms with van der Waals surface area (Å²) < 4.78 is 4.65. The second-order valence-corrected chi connectivity index (χ2v) is 3.63. The molecule has 0 aliphatic rings. The van der Waals surface area contributed by atoms with E-state index in [1.54, 1.807) is 51.0 Å². The first-order valence-corrected chi connectivity index (χ1v) is 5.07. The van der Waals surface area contributed by atoms with Gasteiger partial charge in [0, 0.05) is 0 Å². The molecule has 0 N–H and O–H groups in total. The van der Waals surface area contributed by atoms with Gasteiger partial charge in [-0.05, 0) is 35.1 Å². The van der Waals surface area contributed by atoms with Crippen LogP contribution in [-0.4, -0.2) is 62.6 Å². The number of nitriles is 1. The molecule has 17 heavy (non-hydrogen) atoms. The average molecular weight is 242 g/mol. The first-order chi connectivity index (χ1) is 7.93. The molecule has 0 amide bonds. The second kappa shape index (κ2) is 7.60. The number of hydrogen-bond acceptors (Lipinski definition) is 7. The van der Waals surface area contributed by atoms with Gasteiger partial charge >= 0.3 is 5.97 Å². The molecule has 0 aliphatic carbocycles. The lowest BCUT2D eigenvalue weighted by molar-refractivity contribution is -0.136. The van der Waals surface area contributed by atoms with E-state index >= 15 is 0 Å². The lowest BCUT2D eigenvalue weighted by atomic mass is 10.4. The number of carbonyl (C=O) groups excluding carboxylic acids is 1. The molecule has 0 aromatic carbocycles. The van der Waals surface area contributed by atoms with Gasteiger partial charge in [0.25, 0.3) is 5.71 Å². The third-order valence-corrected chi connectivity index (χ3v) is 1.70. The molecule has 0 radical (unpaired) electrons. The van der Waals surface area contributed by atoms with Gasteiger partial charge in [-0.2, -0.15) is 5.26 Å². The van der Waals surface area contributed by atoms with E-state index in [-0.39, 0.29) is 6.61 Å². The van der Waals surface area contributed by atoms with Crippen LogP contribution >= 0.6 is 0 Å². The van der Waals surface area contributed by atoms with Gasteiger partial charge in [-0.1, -0.05) is 5.16 Å². The summed E-state index contributed by atoms with van der Waals surface area (Å²) in [5, 5.41) is 12.2. The third-order valence-electron chi connectivity index (χ3n) is 1.70. The first-order valence-electron chi connectivity index (χ1n) is 5.07. The number of esters is 1. The van der Waals surface area contributed by atoms with Crippen LogP contribution in [-0.2, 0) is 14.4 Å². The van der Waals surface area contributed by atoms with E-state index in [9.17, 15) is 4.79 Å². The molecule has 0 aromatic rings. The molecule has 0 bridgehead atoms. The zero-order chi connectivity index (χ0) is 13.4. The third kappa shape index (κ3) is 5.29. The van der Waals surface area contributed by atoms with Gasteiger partial charge in [-0.3, -0.25) is 9.80 Å². The molecule has 0 unspecified atom stereocenters. The van der Waals surface area contributed by atoms with Crippen LogP contribution in [0.25, 0.3) is 0 Å². The van der Waals surface area contributed by atoms with Crippen molar-refractivity contribution in [2.45, 2.75) is 13.3 Å². The Bertz CT molecular complexity index is 312. The predicted octanol–water partition coefficient (Wildman–Crippen LogP) is -0.148. The topological polar surface area (TPSA) is 78.2 Å². The summed E-state index contributed by atoms with van der Waals surface area (Å²) in [5.41, 5.74) is -0.402. The van der Waals surface area contributed by atoms with Crippen molar-refractivity contribution in [1.82, 2.24) is 9.80 Å². The molecular formula is C10H18N4O3. The molecule has 0 rings (SSSR count). The number of hydrogen-bond donors (Lipinski definition) is 0. The number of nitrogens with zero attached hydrogens (tertiary/aromatic N) is 4. The highest BCUT2D eigenvalue weighted by Gasteiger charge is 2.18. The Morgan fingerprint density at radius 1 is 1.35 bits per heavy atom. The van der Waals surface area contributed by atoms with Crippen LogP contribution in [0.5, 0.6) is 0 Å². The standard InChI is InChI=1S/C10H18N4O3/c1-6-16-9(15)8(7-11)12-17-10(13(2)3)14(4)5/h10H,6H2,1-5H3/b12-8+. The van der Waals surface area contributed by atoms with Gasteiger partial charge in [-0.15, -0.1) is 0 Å². The van der Waals surface area contributed by atoms with E-state index in [1.165, 1.54) is 0 Å². The molecule has 0 heterocycles. The molecular weight excluding hydrogens is 224 g/mol. The van der Waals surface area contributed by atoms with E-state index in [2.05, 4.69) is 9.89 Å². The predicted molar refractivity (Wildman–Crippen MR) is 61.9 cm³/mol. The van der Waals surface area contributed by atoms with E-state index in [4.69, 9.17) is 10.1 Å². The van der Waals surface area contributed by atoms with Gasteiger partial charge in [0.05, 0.1) is 6.61 Å². The Morgan fingerprint density at radius 2 is 1.88 bits per heavy atom. The number of oxime groups is 1. The van der Waals surface area contributed by atoms with E-state index in [0.29, 0.717) is 0 Å². The number of rotatable bonds is 6. The normalized spacial score (nSPS) is 11.8. The van der Waals surface area contributed by atoms with Gasteiger partial charge < -0.3 is 9.57 Å². The molecule has 7 nitrogen and oxygen atoms in total. The minimum atomic E-state index is -0.786. The Morgan fingerprint density at radius 3 is 2.24 bits per heavy atom. The summed E-state index contributed by atoms with van der Waals surface area (Å²) in [6.45, 7) is 1.83. The average Bonchev–Trinajstić information content (AvgIpc) is 2.23. The maximum atomic E-state index is 11.2. The van der Waals surface area contributed by atoms with Crippen LogP contribution in [0.4, 0.5) is 0 Å². The molecule has 0 fully saturated rings. The molecule has 96 valence electrons. The second-order valence-electron chi connectivity index (χ2n) is 3.63. The lowest BCUT2D eigenvalue weighted by Crippen LogP contribution is -2.41. The molecule has 0 aromatic heterocycles. The zero-order valence-electron chi connectivity index (χ0n) is 10.8. The van der Waals surface area contributed by atoms with Gasteiger partial charge in [0.15, 0.2) is 0 Å². The minimum absolute atomic E-state index is 0.185. The molecule has 0 spiro atoms. The van der Waals surface area contributed by atoms with Crippen molar-refractivity contribution in [2.24, 2.45) is 5.16 Å². The molecule has 0 atom stereocenters. The molecule has 7 heteroatoms. The van der Waals surface area contributed by atoms with Crippen molar-refractivity contribution in [2.75, 3.05) is 34.8 Å². The Balaban J connectivity index is 4.65. The summed E-state index contributed by atoms with van der Waals surface area (Å²) in [7, 11) is 7.15. The van der Waals surface area contributed by atoms with Gasteiger partial charge in [0.1, 0.15) is 6.07 Å². The van der Waals surface area contributed by atoms with Crippen LogP contribution in [0.3, 0.4) is 0 Å². The maximum Gasteiger partial charge on any atom is 0.371 e. The monoisotopic (exact) mass is 242 g/mol. The fraction of sp³-hybridized carbons (Fsp3) is 0.700. The van der Waals surface area contributed by atoms with Crippen LogP contribution in [0.15, 0.2) is 5.16 Å². The molecule has 0 aliphatic heterocycles. The summed E-state index contributed by atoms with van der Waals surface area (Å²) in [6.07, 6.45) is -0.465. The van der Waals surface area contributed by atoms with E-state index < -0.39 is 18.0 Å². The minimum Gasteiger partial charge on any atom is -0.461 e. The van der Waals surface area contributed by atoms with Gasteiger partial charge in [-0.25, -0.2) is 4.79 Å².